The van der Waals surface area contributed by atoms with Crippen LogP contribution < -0.4 is 10.4 Å². The lowest BCUT2D eigenvalue weighted by Gasteiger charge is -2.41. The third kappa shape index (κ3) is 2.86. The Labute approximate surface area is 140 Å². The fourth-order valence-electron chi connectivity index (χ4n) is 4.06. The van der Waals surface area contributed by atoms with Crippen LogP contribution in [0.25, 0.3) is 0 Å². The monoisotopic (exact) mass is 323 g/mol. The quantitative estimate of drug-likeness (QED) is 0.775. The van der Waals surface area contributed by atoms with Gasteiger partial charge in [0.1, 0.15) is 8.07 Å². The molecule has 1 aliphatic rings. The Kier molecular flexibility index (Phi) is 4.67. The maximum atomic E-state index is 12.4. The Morgan fingerprint density at radius 2 is 1.52 bits per heavy atom. The molecule has 1 amide bonds. The molecule has 2 nitrogen and oxygen atoms in total. The summed E-state index contributed by atoms with van der Waals surface area (Å²) < 4.78 is 0. The van der Waals surface area contributed by atoms with E-state index in [0.29, 0.717) is 18.0 Å². The molecule has 23 heavy (non-hydrogen) atoms. The largest absolute Gasteiger partial charge is 0.342 e. The molecule has 1 aliphatic heterocycles. The smallest absolute Gasteiger partial charge is 0.222 e. The van der Waals surface area contributed by atoms with Gasteiger partial charge in [-0.1, -0.05) is 84.5 Å². The van der Waals surface area contributed by atoms with Gasteiger partial charge < -0.3 is 4.90 Å². The van der Waals surface area contributed by atoms with Crippen molar-refractivity contribution in [2.24, 2.45) is 0 Å². The van der Waals surface area contributed by atoms with Crippen LogP contribution in [0.15, 0.2) is 60.7 Å². The zero-order valence-corrected chi connectivity index (χ0v) is 15.0. The first-order valence-corrected chi connectivity index (χ1v) is 11.2. The fourth-order valence-corrected chi connectivity index (χ4v) is 8.64. The van der Waals surface area contributed by atoms with Gasteiger partial charge in [0.05, 0.1) is 0 Å². The van der Waals surface area contributed by atoms with Crippen LogP contribution in [0.3, 0.4) is 0 Å². The van der Waals surface area contributed by atoms with E-state index in [2.05, 4.69) is 79.0 Å². The van der Waals surface area contributed by atoms with E-state index in [4.69, 9.17) is 0 Å². The van der Waals surface area contributed by atoms with Crippen molar-refractivity contribution in [2.45, 2.75) is 38.4 Å². The van der Waals surface area contributed by atoms with E-state index in [9.17, 15) is 4.79 Å². The molecule has 0 bridgehead atoms. The molecule has 1 fully saturated rings. The van der Waals surface area contributed by atoms with Crippen molar-refractivity contribution in [3.8, 4) is 0 Å². The number of likely N-dealkylation sites (tertiary alicyclic amines) is 1. The molecule has 3 rings (SSSR count). The molecule has 1 saturated heterocycles. The van der Waals surface area contributed by atoms with E-state index in [1.54, 1.807) is 0 Å². The van der Waals surface area contributed by atoms with Crippen molar-refractivity contribution in [3.05, 3.63) is 60.7 Å². The van der Waals surface area contributed by atoms with Crippen molar-refractivity contribution in [3.63, 3.8) is 0 Å². The Bertz CT molecular complexity index is 616. The van der Waals surface area contributed by atoms with Crippen molar-refractivity contribution in [1.82, 2.24) is 4.90 Å². The van der Waals surface area contributed by atoms with E-state index < -0.39 is 8.07 Å². The van der Waals surface area contributed by atoms with Crippen LogP contribution in [0.5, 0.6) is 0 Å². The Balaban J connectivity index is 2.13. The Morgan fingerprint density at radius 3 is 1.91 bits per heavy atom. The lowest BCUT2D eigenvalue weighted by atomic mass is 10.4. The van der Waals surface area contributed by atoms with Crippen molar-refractivity contribution >= 4 is 24.4 Å². The molecule has 1 unspecified atom stereocenters. The molecule has 0 saturated carbocycles. The molecule has 0 N–H and O–H groups in total. The van der Waals surface area contributed by atoms with Crippen LogP contribution in [0.1, 0.15) is 26.2 Å². The summed E-state index contributed by atoms with van der Waals surface area (Å²) in [5.41, 5.74) is 0.322. The number of hydrogen-bond donors (Lipinski definition) is 0. The summed E-state index contributed by atoms with van der Waals surface area (Å²) in [4.78, 5) is 14.6. The number of rotatable bonds is 5. The fraction of sp³-hybridized carbons (Fsp3) is 0.350. The van der Waals surface area contributed by atoms with E-state index in [1.165, 1.54) is 10.4 Å². The average molecular weight is 324 g/mol. The van der Waals surface area contributed by atoms with Gasteiger partial charge in [-0.3, -0.25) is 4.79 Å². The summed E-state index contributed by atoms with van der Waals surface area (Å²) in [5, 5.41) is 2.83. The van der Waals surface area contributed by atoms with E-state index in [-0.39, 0.29) is 0 Å². The minimum Gasteiger partial charge on any atom is -0.342 e. The summed E-state index contributed by atoms with van der Waals surface area (Å²) in [7, 11) is -2.03. The summed E-state index contributed by atoms with van der Waals surface area (Å²) in [6, 6.07) is 21.7. The van der Waals surface area contributed by atoms with Gasteiger partial charge in [0.25, 0.3) is 0 Å². The van der Waals surface area contributed by atoms with Crippen molar-refractivity contribution in [1.29, 1.82) is 0 Å². The highest BCUT2D eigenvalue weighted by atomic mass is 28.3. The van der Waals surface area contributed by atoms with Crippen molar-refractivity contribution in [2.75, 3.05) is 6.54 Å². The lowest BCUT2D eigenvalue weighted by Crippen LogP contribution is -2.69. The van der Waals surface area contributed by atoms with Gasteiger partial charge in [-0.2, -0.15) is 0 Å². The zero-order chi connectivity index (χ0) is 16.3. The molecule has 2 aromatic carbocycles. The second-order valence-electron chi connectivity index (χ2n) is 6.55. The average Bonchev–Trinajstić information content (AvgIpc) is 3.03. The Hall–Kier alpha value is -1.87. The first-order chi connectivity index (χ1) is 11.2. The molecule has 120 valence electrons. The molecule has 0 aromatic heterocycles. The van der Waals surface area contributed by atoms with Crippen LogP contribution in [-0.4, -0.2) is 31.1 Å². The maximum absolute atomic E-state index is 12.4. The highest BCUT2D eigenvalue weighted by Crippen LogP contribution is 2.24. The van der Waals surface area contributed by atoms with Gasteiger partial charge in [-0.15, -0.1) is 0 Å². The van der Waals surface area contributed by atoms with Crippen LogP contribution in [0.2, 0.25) is 6.55 Å². The van der Waals surface area contributed by atoms with Gasteiger partial charge in [0.2, 0.25) is 5.91 Å². The molecule has 2 aromatic rings. The number of benzene rings is 2. The first-order valence-electron chi connectivity index (χ1n) is 8.58. The van der Waals surface area contributed by atoms with E-state index in [0.717, 1.165) is 19.4 Å². The highest BCUT2D eigenvalue weighted by molar-refractivity contribution is 7.02. The topological polar surface area (TPSA) is 20.3 Å². The number of carbonyl (C=O) groups is 1. The van der Waals surface area contributed by atoms with Crippen LogP contribution in [0, 0.1) is 0 Å². The van der Waals surface area contributed by atoms with Crippen LogP contribution in [0.4, 0.5) is 0 Å². The van der Waals surface area contributed by atoms with Crippen LogP contribution in [-0.2, 0) is 4.79 Å². The second-order valence-corrected chi connectivity index (χ2v) is 10.8. The molecule has 3 heteroatoms. The Morgan fingerprint density at radius 1 is 1.00 bits per heavy atom. The molecule has 0 aliphatic carbocycles. The minimum atomic E-state index is -2.03. The standard InChI is InChI=1S/C20H25NOSi/c1-3-20(21-16-10-15-19(21)22)23(2,17-11-6-4-7-12-17)18-13-8-5-9-14-18/h4-9,11-14,20H,3,10,15-16H2,1-2H3. The summed E-state index contributed by atoms with van der Waals surface area (Å²) >= 11 is 0. The summed E-state index contributed by atoms with van der Waals surface area (Å²) in [5.74, 6) is 0.336. The van der Waals surface area contributed by atoms with Crippen molar-refractivity contribution < 1.29 is 4.79 Å². The normalized spacial score (nSPS) is 16.6. The SMILES string of the molecule is CCC(N1CCCC1=O)[Si](C)(c1ccccc1)c1ccccc1. The number of hydrogen-bond acceptors (Lipinski definition) is 1. The first kappa shape index (κ1) is 16.0. The molecule has 0 radical (unpaired) electrons. The number of nitrogens with zero attached hydrogens (tertiary/aromatic N) is 1. The maximum Gasteiger partial charge on any atom is 0.222 e. The molecule has 1 heterocycles. The second kappa shape index (κ2) is 6.71. The predicted molar refractivity (Wildman–Crippen MR) is 98.8 cm³/mol. The number of carbonyl (C=O) groups excluding carboxylic acids is 1. The molecule has 0 spiro atoms. The minimum absolute atomic E-state index is 0.322. The molecular weight excluding hydrogens is 298 g/mol. The zero-order valence-electron chi connectivity index (χ0n) is 14.0. The van der Waals surface area contributed by atoms with E-state index in [1.807, 2.05) is 0 Å². The van der Waals surface area contributed by atoms with E-state index >= 15 is 0 Å². The third-order valence-corrected chi connectivity index (χ3v) is 10.4. The molecular formula is C20H25NOSi. The van der Waals surface area contributed by atoms with Gasteiger partial charge in [0, 0.05) is 18.6 Å². The molecule has 1 atom stereocenters. The predicted octanol–water partition coefficient (Wildman–Crippen LogP) is 2.82. The van der Waals surface area contributed by atoms with Gasteiger partial charge in [-0.05, 0) is 12.8 Å². The van der Waals surface area contributed by atoms with Gasteiger partial charge >= 0.3 is 0 Å². The third-order valence-electron chi connectivity index (χ3n) is 5.29. The van der Waals surface area contributed by atoms with Gasteiger partial charge in [0.15, 0.2) is 0 Å². The summed E-state index contributed by atoms with van der Waals surface area (Å²) in [6.07, 6.45) is 2.73. The lowest BCUT2D eigenvalue weighted by molar-refractivity contribution is -0.128. The van der Waals surface area contributed by atoms with Gasteiger partial charge in [-0.25, -0.2) is 0 Å². The summed E-state index contributed by atoms with van der Waals surface area (Å²) in [6.45, 7) is 5.57. The highest BCUT2D eigenvalue weighted by Gasteiger charge is 2.44. The number of amides is 1. The van der Waals surface area contributed by atoms with Crippen LogP contribution >= 0.6 is 0 Å².